The molecule has 182 valence electrons. The summed E-state index contributed by atoms with van der Waals surface area (Å²) in [6, 6.07) is 4.64. The molecule has 0 radical (unpaired) electrons. The largest absolute Gasteiger partial charge is 0.399 e. The Morgan fingerprint density at radius 1 is 1.12 bits per heavy atom. The molecule has 3 N–H and O–H groups in total. The van der Waals surface area contributed by atoms with E-state index in [1.54, 1.807) is 24.0 Å². The van der Waals surface area contributed by atoms with E-state index in [-0.39, 0.29) is 55.0 Å². The summed E-state index contributed by atoms with van der Waals surface area (Å²) >= 11 is 0. The zero-order valence-electron chi connectivity index (χ0n) is 19.4. The predicted molar refractivity (Wildman–Crippen MR) is 125 cm³/mol. The highest BCUT2D eigenvalue weighted by Crippen LogP contribution is 2.52. The quantitative estimate of drug-likeness (QED) is 0.640. The molecule has 1 amide bonds. The van der Waals surface area contributed by atoms with Gasteiger partial charge in [0.25, 0.3) is 11.8 Å². The van der Waals surface area contributed by atoms with Gasteiger partial charge >= 0.3 is 0 Å². The lowest BCUT2D eigenvalue weighted by molar-refractivity contribution is -0.0222. The molecule has 4 fully saturated rings. The molecule has 6 rings (SSSR count). The number of nitrogens with zero attached hydrogens (tertiary/aromatic N) is 4. The van der Waals surface area contributed by atoms with Crippen molar-refractivity contribution in [1.29, 1.82) is 0 Å². The molecule has 1 saturated carbocycles. The monoisotopic (exact) mass is 474 g/mol. The van der Waals surface area contributed by atoms with Crippen LogP contribution in [0.15, 0.2) is 18.2 Å². The fourth-order valence-electron chi connectivity index (χ4n) is 5.43. The first kappa shape index (κ1) is 22.7. The van der Waals surface area contributed by atoms with Gasteiger partial charge in [0.15, 0.2) is 0 Å². The Bertz CT molecular complexity index is 1120. The summed E-state index contributed by atoms with van der Waals surface area (Å²) in [6.07, 6.45) is 2.44. The predicted octanol–water partition coefficient (Wildman–Crippen LogP) is 4.37. The van der Waals surface area contributed by atoms with Gasteiger partial charge in [-0.1, -0.05) is 6.92 Å². The molecular weight excluding hydrogens is 445 g/mol. The minimum Gasteiger partial charge on any atom is -0.399 e. The third-order valence-electron chi connectivity index (χ3n) is 7.34. The van der Waals surface area contributed by atoms with Crippen LogP contribution in [0.1, 0.15) is 55.1 Å². The van der Waals surface area contributed by atoms with Crippen LogP contribution >= 0.6 is 0 Å². The molecule has 2 bridgehead atoms. The number of nitrogen functional groups attached to an aromatic ring is 1. The Morgan fingerprint density at radius 3 is 2.47 bits per heavy atom. The van der Waals surface area contributed by atoms with Crippen molar-refractivity contribution in [2.24, 2.45) is 5.41 Å². The number of carbonyl (C=O) groups excluding carboxylic acids is 1. The number of hydrogen-bond acceptors (Lipinski definition) is 6. The number of benzene rings is 1. The van der Waals surface area contributed by atoms with Crippen LogP contribution in [0.4, 0.5) is 36.3 Å². The van der Waals surface area contributed by atoms with Crippen LogP contribution < -0.4 is 20.9 Å². The van der Waals surface area contributed by atoms with Crippen LogP contribution in [-0.2, 0) is 0 Å². The van der Waals surface area contributed by atoms with Crippen molar-refractivity contribution in [2.75, 3.05) is 40.5 Å². The highest BCUT2D eigenvalue weighted by molar-refractivity contribution is 6.08. The zero-order valence-corrected chi connectivity index (χ0v) is 19.4. The van der Waals surface area contributed by atoms with Crippen molar-refractivity contribution in [3.8, 4) is 0 Å². The lowest BCUT2D eigenvalue weighted by Gasteiger charge is -2.57. The van der Waals surface area contributed by atoms with Crippen LogP contribution in [0.5, 0.6) is 0 Å². The van der Waals surface area contributed by atoms with E-state index >= 15 is 4.39 Å². The van der Waals surface area contributed by atoms with E-state index in [4.69, 9.17) is 5.73 Å². The van der Waals surface area contributed by atoms with E-state index in [9.17, 15) is 13.6 Å². The molecule has 2 aromatic rings. The highest BCUT2D eigenvalue weighted by Gasteiger charge is 2.48. The van der Waals surface area contributed by atoms with Crippen LogP contribution in [0.2, 0.25) is 0 Å². The molecule has 0 atom stereocenters. The fourth-order valence-corrected chi connectivity index (χ4v) is 5.43. The van der Waals surface area contributed by atoms with Gasteiger partial charge in [-0.3, -0.25) is 4.79 Å². The molecule has 4 aliphatic rings. The number of rotatable bonds is 4. The fraction of sp³-hybridized carbons (Fsp3) is 0.542. The number of hydrogen-bond donors (Lipinski definition) is 2. The molecule has 1 aliphatic carbocycles. The second kappa shape index (κ2) is 8.02. The second-order valence-electron chi connectivity index (χ2n) is 10.2. The summed E-state index contributed by atoms with van der Waals surface area (Å²) in [5.41, 5.74) is 7.52. The number of fused-ring (bicyclic) bond motifs is 2. The number of nitrogens with one attached hydrogen (secondary N) is 1. The number of halogens is 3. The van der Waals surface area contributed by atoms with E-state index in [2.05, 4.69) is 27.1 Å². The second-order valence-corrected chi connectivity index (χ2v) is 10.2. The molecule has 0 spiro atoms. The Hall–Kier alpha value is -3.04. The first-order valence-corrected chi connectivity index (χ1v) is 11.7. The number of carbonyl (C=O) groups is 1. The molecule has 1 aromatic carbocycles. The van der Waals surface area contributed by atoms with Crippen LogP contribution in [-0.4, -0.2) is 47.5 Å². The molecule has 1 aromatic heterocycles. The molecule has 10 heteroatoms. The van der Waals surface area contributed by atoms with E-state index < -0.39 is 17.6 Å². The van der Waals surface area contributed by atoms with E-state index in [1.165, 1.54) is 0 Å². The van der Waals surface area contributed by atoms with Crippen molar-refractivity contribution in [1.82, 2.24) is 9.97 Å². The maximum absolute atomic E-state index is 15.1. The SMILES string of the molecule is Cc1cc(NC(=O)c2c(F)cc(N)cc2N2CC[C@]3(C)C[C@H]2C3)nc(N2CCC(F)(F)CC2)n1. The molecule has 3 saturated heterocycles. The third-order valence-corrected chi connectivity index (χ3v) is 7.34. The van der Waals surface area contributed by atoms with Gasteiger partial charge in [0, 0.05) is 56.0 Å². The van der Waals surface area contributed by atoms with Gasteiger partial charge in [0.1, 0.15) is 11.6 Å². The number of anilines is 4. The van der Waals surface area contributed by atoms with E-state index in [0.717, 1.165) is 31.9 Å². The molecular formula is C24H29F3N6O. The van der Waals surface area contributed by atoms with E-state index in [0.29, 0.717) is 16.8 Å². The molecule has 34 heavy (non-hydrogen) atoms. The Kier molecular flexibility index (Phi) is 5.37. The third kappa shape index (κ3) is 4.25. The Labute approximate surface area is 196 Å². The van der Waals surface area contributed by atoms with Gasteiger partial charge in [-0.25, -0.2) is 18.2 Å². The number of piperidine rings is 3. The van der Waals surface area contributed by atoms with E-state index in [1.807, 2.05) is 0 Å². The summed E-state index contributed by atoms with van der Waals surface area (Å²) in [5.74, 6) is -3.54. The van der Waals surface area contributed by atoms with Crippen molar-refractivity contribution < 1.29 is 18.0 Å². The number of alkyl halides is 2. The summed E-state index contributed by atoms with van der Waals surface area (Å²) in [7, 11) is 0. The lowest BCUT2D eigenvalue weighted by Crippen LogP contribution is -2.57. The van der Waals surface area contributed by atoms with Crippen molar-refractivity contribution in [3.05, 3.63) is 35.3 Å². The first-order valence-electron chi connectivity index (χ1n) is 11.7. The van der Waals surface area contributed by atoms with Gasteiger partial charge in [0.05, 0.1) is 11.3 Å². The highest BCUT2D eigenvalue weighted by atomic mass is 19.3. The summed E-state index contributed by atoms with van der Waals surface area (Å²) in [5, 5.41) is 2.70. The maximum atomic E-state index is 15.1. The molecule has 3 aliphatic heterocycles. The minimum absolute atomic E-state index is 0.0693. The Balaban J connectivity index is 1.40. The molecule has 7 nitrogen and oxygen atoms in total. The lowest BCUT2D eigenvalue weighted by atomic mass is 9.61. The molecule has 4 heterocycles. The minimum atomic E-state index is -2.69. The average molecular weight is 475 g/mol. The average Bonchev–Trinajstić information content (AvgIpc) is 2.72. The van der Waals surface area contributed by atoms with Gasteiger partial charge in [-0.2, -0.15) is 4.98 Å². The normalized spacial score (nSPS) is 25.6. The first-order chi connectivity index (χ1) is 16.0. The van der Waals surface area contributed by atoms with Gasteiger partial charge in [-0.05, 0) is 43.7 Å². The van der Waals surface area contributed by atoms with Crippen LogP contribution in [0.3, 0.4) is 0 Å². The van der Waals surface area contributed by atoms with Gasteiger partial charge in [0.2, 0.25) is 5.95 Å². The summed E-state index contributed by atoms with van der Waals surface area (Å²) in [6.45, 7) is 4.97. The number of amides is 1. The molecule has 0 unspecified atom stereocenters. The van der Waals surface area contributed by atoms with Gasteiger partial charge in [-0.15, -0.1) is 0 Å². The summed E-state index contributed by atoms with van der Waals surface area (Å²) < 4.78 is 42.2. The standard InChI is InChI=1S/C24H29F3N6O/c1-14-9-19(31-22(29-14)32-6-4-24(26,27)5-7-32)30-21(34)20-17(25)10-15(28)11-18(20)33-8-3-23(2)12-16(33)13-23/h9-11,16H,3-8,12-13,28H2,1-2H3,(H,29,30,31,34)/t16-,23+. The Morgan fingerprint density at radius 2 is 1.82 bits per heavy atom. The van der Waals surface area contributed by atoms with Gasteiger partial charge < -0.3 is 20.9 Å². The van der Waals surface area contributed by atoms with Crippen molar-refractivity contribution in [2.45, 2.75) is 57.9 Å². The summed E-state index contributed by atoms with van der Waals surface area (Å²) in [4.78, 5) is 25.8. The number of aryl methyl sites for hydroxylation is 1. The van der Waals surface area contributed by atoms with Crippen molar-refractivity contribution >= 4 is 29.0 Å². The zero-order chi connectivity index (χ0) is 24.3. The maximum Gasteiger partial charge on any atom is 0.261 e. The van der Waals surface area contributed by atoms with Crippen molar-refractivity contribution in [3.63, 3.8) is 0 Å². The van der Waals surface area contributed by atoms with Crippen LogP contribution in [0, 0.1) is 18.2 Å². The van der Waals surface area contributed by atoms with Crippen LogP contribution in [0.25, 0.3) is 0 Å². The topological polar surface area (TPSA) is 87.4 Å². The number of nitrogens with two attached hydrogens (primary N) is 1. The smallest absolute Gasteiger partial charge is 0.261 e. The number of aromatic nitrogens is 2.